The van der Waals surface area contributed by atoms with E-state index in [1.807, 2.05) is 0 Å². The molecule has 0 nitrogen and oxygen atoms in total. The van der Waals surface area contributed by atoms with Crippen LogP contribution in [-0.4, -0.2) is 0 Å². The molecule has 1 unspecified atom stereocenters. The molecule has 0 saturated heterocycles. The highest BCUT2D eigenvalue weighted by molar-refractivity contribution is 5.31. The van der Waals surface area contributed by atoms with Gasteiger partial charge in [-0.2, -0.15) is 0 Å². The van der Waals surface area contributed by atoms with Crippen LogP contribution in [0.3, 0.4) is 0 Å². The van der Waals surface area contributed by atoms with E-state index in [0.717, 1.165) is 0 Å². The van der Waals surface area contributed by atoms with E-state index in [1.165, 1.54) is 11.1 Å². The summed E-state index contributed by atoms with van der Waals surface area (Å²) in [5.74, 6) is 0.606. The lowest BCUT2D eigenvalue weighted by atomic mass is 9.99. The van der Waals surface area contributed by atoms with Crippen molar-refractivity contribution >= 4 is 0 Å². The second kappa shape index (κ2) is 2.87. The summed E-state index contributed by atoms with van der Waals surface area (Å²) < 4.78 is 0. The van der Waals surface area contributed by atoms with Crippen LogP contribution in [-0.2, 0) is 0 Å². The van der Waals surface area contributed by atoms with E-state index < -0.39 is 0 Å². The van der Waals surface area contributed by atoms with Crippen molar-refractivity contribution in [3.8, 4) is 0 Å². The smallest absolute Gasteiger partial charge is 0.00456 e. The van der Waals surface area contributed by atoms with Crippen LogP contribution in [0.25, 0.3) is 0 Å². The first kappa shape index (κ1) is 7.33. The zero-order valence-corrected chi connectivity index (χ0v) is 6.89. The van der Waals surface area contributed by atoms with E-state index in [-0.39, 0.29) is 0 Å². The Hall–Kier alpha value is -0.780. The molecular weight excluding hydrogens is 120 g/mol. The van der Waals surface area contributed by atoms with Crippen molar-refractivity contribution in [1.29, 1.82) is 0 Å². The van der Waals surface area contributed by atoms with Crippen molar-refractivity contribution in [2.24, 2.45) is 5.92 Å². The summed E-state index contributed by atoms with van der Waals surface area (Å²) in [6.45, 7) is 6.58. The molecule has 0 bridgehead atoms. The minimum atomic E-state index is 0.606. The van der Waals surface area contributed by atoms with Gasteiger partial charge in [-0.05, 0) is 19.8 Å². The molecule has 54 valence electrons. The Morgan fingerprint density at radius 1 is 1.20 bits per heavy atom. The number of hydrogen-bond acceptors (Lipinski definition) is 0. The zero-order valence-electron chi connectivity index (χ0n) is 6.89. The molecule has 0 aromatic heterocycles. The molecule has 0 spiro atoms. The first-order valence-corrected chi connectivity index (χ1v) is 3.74. The Kier molecular flexibility index (Phi) is 2.10. The van der Waals surface area contributed by atoms with Crippen LogP contribution < -0.4 is 0 Å². The fourth-order valence-corrected chi connectivity index (χ4v) is 1.07. The molecule has 10 heavy (non-hydrogen) atoms. The van der Waals surface area contributed by atoms with Crippen LogP contribution in [0.5, 0.6) is 0 Å². The maximum absolute atomic E-state index is 2.22. The standard InChI is InChI=1S/C10H14/c1-8-6-4-5-7-9(2)10(8)3/h4-8H,1-3H3. The third-order valence-electron chi connectivity index (χ3n) is 2.16. The lowest BCUT2D eigenvalue weighted by Crippen LogP contribution is -1.91. The molecule has 1 rings (SSSR count). The monoisotopic (exact) mass is 134 g/mol. The van der Waals surface area contributed by atoms with Crippen molar-refractivity contribution in [1.82, 2.24) is 0 Å². The number of allylic oxidation sites excluding steroid dienone is 6. The molecule has 0 heterocycles. The second-order valence-corrected chi connectivity index (χ2v) is 2.90. The normalized spacial score (nSPS) is 25.3. The van der Waals surface area contributed by atoms with Crippen LogP contribution in [0, 0.1) is 5.92 Å². The summed E-state index contributed by atoms with van der Waals surface area (Å²) in [6, 6.07) is 0. The minimum absolute atomic E-state index is 0.606. The highest BCUT2D eigenvalue weighted by Crippen LogP contribution is 2.18. The van der Waals surface area contributed by atoms with Gasteiger partial charge in [0.1, 0.15) is 0 Å². The average molecular weight is 134 g/mol. The Morgan fingerprint density at radius 3 is 2.60 bits per heavy atom. The van der Waals surface area contributed by atoms with Crippen molar-refractivity contribution in [3.05, 3.63) is 35.5 Å². The fraction of sp³-hybridized carbons (Fsp3) is 0.400. The van der Waals surface area contributed by atoms with Gasteiger partial charge < -0.3 is 0 Å². The van der Waals surface area contributed by atoms with Crippen molar-refractivity contribution < 1.29 is 0 Å². The summed E-state index contributed by atoms with van der Waals surface area (Å²) in [6.07, 6.45) is 8.60. The minimum Gasteiger partial charge on any atom is -0.0776 e. The SMILES string of the molecule is CC1=C(C)C(C)C=CC=C1. The molecule has 0 radical (unpaired) electrons. The maximum atomic E-state index is 2.22. The highest BCUT2D eigenvalue weighted by Gasteiger charge is 2.02. The second-order valence-electron chi connectivity index (χ2n) is 2.90. The van der Waals surface area contributed by atoms with Gasteiger partial charge in [-0.15, -0.1) is 0 Å². The van der Waals surface area contributed by atoms with Crippen molar-refractivity contribution in [2.45, 2.75) is 20.8 Å². The van der Waals surface area contributed by atoms with E-state index in [2.05, 4.69) is 45.1 Å². The van der Waals surface area contributed by atoms with Gasteiger partial charge in [0.15, 0.2) is 0 Å². The molecule has 0 fully saturated rings. The van der Waals surface area contributed by atoms with E-state index in [4.69, 9.17) is 0 Å². The molecule has 0 N–H and O–H groups in total. The molecule has 1 aliphatic rings. The fourth-order valence-electron chi connectivity index (χ4n) is 1.07. The Bertz CT molecular complexity index is 204. The summed E-state index contributed by atoms with van der Waals surface area (Å²) in [7, 11) is 0. The van der Waals surface area contributed by atoms with Crippen molar-refractivity contribution in [3.63, 3.8) is 0 Å². The lowest BCUT2D eigenvalue weighted by molar-refractivity contribution is 0.853. The van der Waals surface area contributed by atoms with Gasteiger partial charge in [-0.3, -0.25) is 0 Å². The molecule has 1 atom stereocenters. The topological polar surface area (TPSA) is 0 Å². The lowest BCUT2D eigenvalue weighted by Gasteiger charge is -2.06. The van der Waals surface area contributed by atoms with Gasteiger partial charge in [-0.25, -0.2) is 0 Å². The first-order chi connectivity index (χ1) is 4.72. The third kappa shape index (κ3) is 1.38. The first-order valence-electron chi connectivity index (χ1n) is 3.74. The summed E-state index contributed by atoms with van der Waals surface area (Å²) >= 11 is 0. The quantitative estimate of drug-likeness (QED) is 0.477. The average Bonchev–Trinajstić information content (AvgIpc) is 2.04. The summed E-state index contributed by atoms with van der Waals surface area (Å²) in [4.78, 5) is 0. The predicted molar refractivity (Wildman–Crippen MR) is 45.8 cm³/mol. The molecule has 0 aliphatic heterocycles. The number of rotatable bonds is 0. The summed E-state index contributed by atoms with van der Waals surface area (Å²) in [5.41, 5.74) is 2.88. The summed E-state index contributed by atoms with van der Waals surface area (Å²) in [5, 5.41) is 0. The molecule has 0 heteroatoms. The third-order valence-corrected chi connectivity index (χ3v) is 2.16. The van der Waals surface area contributed by atoms with Gasteiger partial charge in [0, 0.05) is 0 Å². The van der Waals surface area contributed by atoms with E-state index in [1.54, 1.807) is 0 Å². The molecule has 0 saturated carbocycles. The van der Waals surface area contributed by atoms with E-state index in [0.29, 0.717) is 5.92 Å². The van der Waals surface area contributed by atoms with Gasteiger partial charge in [-0.1, -0.05) is 42.4 Å². The van der Waals surface area contributed by atoms with Crippen LogP contribution in [0.4, 0.5) is 0 Å². The molecule has 0 aromatic rings. The number of hydrogen-bond donors (Lipinski definition) is 0. The van der Waals surface area contributed by atoms with Crippen LogP contribution in [0.1, 0.15) is 20.8 Å². The zero-order chi connectivity index (χ0) is 7.56. The Morgan fingerprint density at radius 2 is 1.90 bits per heavy atom. The predicted octanol–water partition coefficient (Wildman–Crippen LogP) is 3.08. The van der Waals surface area contributed by atoms with E-state index in [9.17, 15) is 0 Å². The molecule has 1 aliphatic carbocycles. The van der Waals surface area contributed by atoms with Crippen LogP contribution in [0.2, 0.25) is 0 Å². The van der Waals surface area contributed by atoms with Gasteiger partial charge in [0.2, 0.25) is 0 Å². The van der Waals surface area contributed by atoms with Gasteiger partial charge >= 0.3 is 0 Å². The van der Waals surface area contributed by atoms with Crippen LogP contribution >= 0.6 is 0 Å². The van der Waals surface area contributed by atoms with Gasteiger partial charge in [0.05, 0.1) is 0 Å². The van der Waals surface area contributed by atoms with E-state index >= 15 is 0 Å². The Labute approximate surface area is 62.9 Å². The molecular formula is C10H14. The Balaban J connectivity index is 2.96. The highest BCUT2D eigenvalue weighted by atomic mass is 14.1. The van der Waals surface area contributed by atoms with Crippen LogP contribution in [0.15, 0.2) is 35.5 Å². The molecule has 0 aromatic carbocycles. The van der Waals surface area contributed by atoms with Crippen molar-refractivity contribution in [2.75, 3.05) is 0 Å². The molecule has 0 amide bonds. The van der Waals surface area contributed by atoms with Gasteiger partial charge in [0.25, 0.3) is 0 Å². The largest absolute Gasteiger partial charge is 0.0776 e. The maximum Gasteiger partial charge on any atom is -0.00456 e.